The van der Waals surface area contributed by atoms with Crippen molar-refractivity contribution in [1.82, 2.24) is 10.2 Å². The van der Waals surface area contributed by atoms with Gasteiger partial charge in [0.2, 0.25) is 0 Å². The average molecular weight is 465 g/mol. The number of fused-ring (bicyclic) bond motifs is 2. The number of benzene rings is 2. The van der Waals surface area contributed by atoms with Crippen LogP contribution in [0.5, 0.6) is 5.75 Å². The minimum absolute atomic E-state index is 0.0710. The number of hydrogen-bond donors (Lipinski definition) is 1. The van der Waals surface area contributed by atoms with Crippen molar-refractivity contribution in [2.45, 2.75) is 54.4 Å². The van der Waals surface area contributed by atoms with Gasteiger partial charge in [-0.2, -0.15) is 13.2 Å². The first-order valence-corrected chi connectivity index (χ1v) is 11.9. The lowest BCUT2D eigenvalue weighted by Gasteiger charge is -2.48. The van der Waals surface area contributed by atoms with Crippen LogP contribution in [0.1, 0.15) is 47.2 Å². The van der Waals surface area contributed by atoms with E-state index in [-0.39, 0.29) is 22.3 Å². The molecular formula is C24H27F3N2O2S. The van der Waals surface area contributed by atoms with Crippen molar-refractivity contribution in [3.63, 3.8) is 0 Å². The van der Waals surface area contributed by atoms with Gasteiger partial charge in [-0.1, -0.05) is 30.3 Å². The lowest BCUT2D eigenvalue weighted by Crippen LogP contribution is -2.61. The zero-order chi connectivity index (χ0) is 23.1. The van der Waals surface area contributed by atoms with Crippen LogP contribution in [0.25, 0.3) is 0 Å². The first kappa shape index (κ1) is 23.0. The number of amides is 1. The molecule has 4 rings (SSSR count). The number of ether oxygens (including phenoxy) is 1. The van der Waals surface area contributed by atoms with Crippen molar-refractivity contribution < 1.29 is 22.7 Å². The Morgan fingerprint density at radius 2 is 1.91 bits per heavy atom. The van der Waals surface area contributed by atoms with E-state index in [4.69, 9.17) is 4.74 Å². The maximum atomic E-state index is 13.7. The number of nitrogens with zero attached hydrogens (tertiary/aromatic N) is 1. The predicted molar refractivity (Wildman–Crippen MR) is 119 cm³/mol. The first-order chi connectivity index (χ1) is 15.2. The van der Waals surface area contributed by atoms with Crippen LogP contribution >= 0.6 is 11.8 Å². The fourth-order valence-corrected chi connectivity index (χ4v) is 6.01. The van der Waals surface area contributed by atoms with Gasteiger partial charge in [-0.25, -0.2) is 0 Å². The number of rotatable bonds is 5. The molecule has 2 aliphatic rings. The lowest BCUT2D eigenvalue weighted by molar-refractivity contribution is -0.137. The molecule has 2 aromatic carbocycles. The van der Waals surface area contributed by atoms with Crippen LogP contribution in [0.15, 0.2) is 47.4 Å². The molecule has 0 aromatic heterocycles. The fraction of sp³-hybridized carbons (Fsp3) is 0.458. The molecule has 2 aliphatic heterocycles. The van der Waals surface area contributed by atoms with E-state index in [1.54, 1.807) is 6.26 Å². The third kappa shape index (κ3) is 3.88. The highest BCUT2D eigenvalue weighted by Crippen LogP contribution is 2.47. The van der Waals surface area contributed by atoms with Crippen LogP contribution in [0.4, 0.5) is 13.2 Å². The van der Waals surface area contributed by atoms with E-state index in [1.165, 1.54) is 7.11 Å². The van der Waals surface area contributed by atoms with Crippen LogP contribution in [0.2, 0.25) is 0 Å². The summed E-state index contributed by atoms with van der Waals surface area (Å²) in [4.78, 5) is 16.3. The number of hydrogen-bond acceptors (Lipinski definition) is 4. The molecule has 0 spiro atoms. The van der Waals surface area contributed by atoms with Gasteiger partial charge >= 0.3 is 6.18 Å². The number of thioether (sulfide) groups is 1. The molecule has 8 heteroatoms. The molecule has 0 saturated carbocycles. The van der Waals surface area contributed by atoms with Crippen LogP contribution in [-0.4, -0.2) is 43.3 Å². The van der Waals surface area contributed by atoms with Gasteiger partial charge in [0.1, 0.15) is 5.75 Å². The summed E-state index contributed by atoms with van der Waals surface area (Å²) in [5.41, 5.74) is -0.291. The molecule has 0 unspecified atom stereocenters. The van der Waals surface area contributed by atoms with Crippen molar-refractivity contribution in [1.29, 1.82) is 0 Å². The minimum Gasteiger partial charge on any atom is -0.496 e. The number of nitrogens with one attached hydrogen (secondary N) is 1. The Labute approximate surface area is 190 Å². The van der Waals surface area contributed by atoms with Crippen molar-refractivity contribution >= 4 is 17.7 Å². The van der Waals surface area contributed by atoms with Gasteiger partial charge in [0.15, 0.2) is 0 Å². The largest absolute Gasteiger partial charge is 0.496 e. The number of carbonyl (C=O) groups is 1. The summed E-state index contributed by atoms with van der Waals surface area (Å²) >= 11 is 1.10. The summed E-state index contributed by atoms with van der Waals surface area (Å²) in [6, 6.07) is 12.4. The van der Waals surface area contributed by atoms with Gasteiger partial charge in [-0.05, 0) is 56.7 Å². The van der Waals surface area contributed by atoms with Gasteiger partial charge in [-0.15, -0.1) is 11.8 Å². The van der Waals surface area contributed by atoms with Crippen LogP contribution in [0.3, 0.4) is 0 Å². The molecule has 32 heavy (non-hydrogen) atoms. The van der Waals surface area contributed by atoms with Crippen molar-refractivity contribution in [3.05, 3.63) is 59.2 Å². The number of likely N-dealkylation sites (N-methyl/N-ethyl adjacent to an activating group) is 1. The third-order valence-corrected chi connectivity index (χ3v) is 7.73. The highest BCUT2D eigenvalue weighted by molar-refractivity contribution is 7.98. The molecule has 2 aromatic rings. The smallest absolute Gasteiger partial charge is 0.416 e. The second-order valence-corrected chi connectivity index (χ2v) is 9.34. The zero-order valence-corrected chi connectivity index (χ0v) is 19.1. The average Bonchev–Trinajstić information content (AvgIpc) is 3.04. The minimum atomic E-state index is -4.52. The lowest BCUT2D eigenvalue weighted by atomic mass is 9.76. The van der Waals surface area contributed by atoms with Crippen molar-refractivity contribution in [2.75, 3.05) is 20.4 Å². The second-order valence-electron chi connectivity index (χ2n) is 8.50. The standard InChI is InChI=1S/C24H27F3N2O2S/c1-29-17-9-10-20(29)23(12-11-17,15-7-5-4-6-8-15)28-22(30)21-18(31-2)13-16(24(25,26)27)14-19(21)32-3/h4-8,13-14,17,20H,9-12H2,1-3H3,(H,28,30)/t17-,20+,23-/m0/s1. The molecule has 0 radical (unpaired) electrons. The van der Waals surface area contributed by atoms with Crippen molar-refractivity contribution in [2.24, 2.45) is 0 Å². The molecular weight excluding hydrogens is 437 g/mol. The number of methoxy groups -OCH3 is 1. The Morgan fingerprint density at radius 1 is 1.19 bits per heavy atom. The summed E-state index contributed by atoms with van der Waals surface area (Å²) in [7, 11) is 3.39. The molecule has 2 bridgehead atoms. The molecule has 172 valence electrons. The second kappa shape index (κ2) is 8.63. The summed E-state index contributed by atoms with van der Waals surface area (Å²) in [5.74, 6) is -0.485. The molecule has 0 aliphatic carbocycles. The van der Waals surface area contributed by atoms with E-state index < -0.39 is 23.2 Å². The quantitative estimate of drug-likeness (QED) is 0.609. The van der Waals surface area contributed by atoms with Crippen LogP contribution in [0, 0.1) is 0 Å². The maximum Gasteiger partial charge on any atom is 0.416 e. The topological polar surface area (TPSA) is 41.6 Å². The van der Waals surface area contributed by atoms with Gasteiger partial charge in [0.05, 0.1) is 23.8 Å². The predicted octanol–water partition coefficient (Wildman–Crippen LogP) is 5.32. The van der Waals surface area contributed by atoms with E-state index in [1.807, 2.05) is 30.3 Å². The molecule has 2 saturated heterocycles. The van der Waals surface area contributed by atoms with Crippen LogP contribution < -0.4 is 10.1 Å². The number of halogens is 3. The normalized spacial score (nSPS) is 25.6. The SMILES string of the molecule is COc1cc(C(F)(F)F)cc(SC)c1C(=O)N[C@]1(c2ccccc2)CC[C@@H]2CC[C@H]1N2C. The molecule has 4 nitrogen and oxygen atoms in total. The van der Waals surface area contributed by atoms with Crippen LogP contribution in [-0.2, 0) is 11.7 Å². The third-order valence-electron chi connectivity index (χ3n) is 6.97. The van der Waals surface area contributed by atoms with Gasteiger partial charge in [0.25, 0.3) is 5.91 Å². The Hall–Kier alpha value is -2.19. The van der Waals surface area contributed by atoms with E-state index in [0.29, 0.717) is 6.04 Å². The summed E-state index contributed by atoms with van der Waals surface area (Å²) in [6.07, 6.45) is 0.889. The first-order valence-electron chi connectivity index (χ1n) is 10.6. The number of piperidine rings is 1. The summed E-state index contributed by atoms with van der Waals surface area (Å²) < 4.78 is 45.4. The Balaban J connectivity index is 1.79. The van der Waals surface area contributed by atoms with E-state index >= 15 is 0 Å². The summed E-state index contributed by atoms with van der Waals surface area (Å²) in [5, 5.41) is 3.28. The Morgan fingerprint density at radius 3 is 2.53 bits per heavy atom. The van der Waals surface area contributed by atoms with Gasteiger partial charge in [-0.3, -0.25) is 9.69 Å². The Bertz CT molecular complexity index is 973. The molecule has 1 N–H and O–H groups in total. The number of carbonyl (C=O) groups excluding carboxylic acids is 1. The zero-order valence-electron chi connectivity index (χ0n) is 18.3. The highest BCUT2D eigenvalue weighted by Gasteiger charge is 2.52. The van der Waals surface area contributed by atoms with E-state index in [9.17, 15) is 18.0 Å². The molecule has 2 heterocycles. The van der Waals surface area contributed by atoms with E-state index in [0.717, 1.165) is 55.1 Å². The molecule has 3 atom stereocenters. The maximum absolute atomic E-state index is 13.7. The number of alkyl halides is 3. The van der Waals surface area contributed by atoms with Crippen molar-refractivity contribution in [3.8, 4) is 5.75 Å². The summed E-state index contributed by atoms with van der Waals surface area (Å²) in [6.45, 7) is 0. The highest BCUT2D eigenvalue weighted by atomic mass is 32.2. The van der Waals surface area contributed by atoms with Gasteiger partial charge in [0, 0.05) is 17.0 Å². The Kier molecular flexibility index (Phi) is 6.20. The van der Waals surface area contributed by atoms with E-state index in [2.05, 4.69) is 17.3 Å². The monoisotopic (exact) mass is 464 g/mol. The molecule has 2 fully saturated rings. The van der Waals surface area contributed by atoms with Gasteiger partial charge < -0.3 is 10.1 Å². The fourth-order valence-electron chi connectivity index (χ4n) is 5.37. The molecule has 1 amide bonds.